The molecule has 10 heteroatoms. The fourth-order valence-electron chi connectivity index (χ4n) is 4.29. The molecule has 1 fully saturated rings. The van der Waals surface area contributed by atoms with Crippen molar-refractivity contribution in [1.29, 1.82) is 0 Å². The SMILES string of the molecule is CON(OC1OC[C@@H](O)[C@H](O)[C@H]1O)C(C)CC(c1ccccc1)c1c(O)c2ccccc2oc1=O. The normalized spacial score (nSPS) is 24.5. The zero-order valence-electron chi connectivity index (χ0n) is 19.4. The number of rotatable bonds is 8. The highest BCUT2D eigenvalue weighted by atomic mass is 17.0. The van der Waals surface area contributed by atoms with Crippen molar-refractivity contribution in [2.45, 2.75) is 49.9 Å². The number of para-hydroxylation sites is 1. The lowest BCUT2D eigenvalue weighted by atomic mass is 9.86. The van der Waals surface area contributed by atoms with Gasteiger partial charge in [-0.2, -0.15) is 0 Å². The fourth-order valence-corrected chi connectivity index (χ4v) is 4.29. The summed E-state index contributed by atoms with van der Waals surface area (Å²) in [7, 11) is 1.36. The van der Waals surface area contributed by atoms with Gasteiger partial charge in [-0.25, -0.2) is 9.63 Å². The molecule has 0 bridgehead atoms. The molecule has 2 aromatic carbocycles. The minimum Gasteiger partial charge on any atom is -0.507 e. The van der Waals surface area contributed by atoms with Crippen LogP contribution in [-0.4, -0.2) is 70.0 Å². The predicted molar refractivity (Wildman–Crippen MR) is 124 cm³/mol. The van der Waals surface area contributed by atoms with E-state index in [0.717, 1.165) is 10.8 Å². The molecule has 0 spiro atoms. The van der Waals surface area contributed by atoms with Gasteiger partial charge in [-0.15, -0.1) is 0 Å². The lowest BCUT2D eigenvalue weighted by Crippen LogP contribution is -2.55. The average molecular weight is 488 g/mol. The Bertz CT molecular complexity index is 1180. The van der Waals surface area contributed by atoms with E-state index in [4.69, 9.17) is 18.8 Å². The van der Waals surface area contributed by atoms with Crippen molar-refractivity contribution < 1.29 is 39.3 Å². The number of nitrogens with zero attached hydrogens (tertiary/aromatic N) is 1. The molecule has 188 valence electrons. The molecule has 35 heavy (non-hydrogen) atoms. The van der Waals surface area contributed by atoms with Crippen molar-refractivity contribution in [3.05, 3.63) is 76.1 Å². The first kappa shape index (κ1) is 25.3. The van der Waals surface area contributed by atoms with Crippen LogP contribution in [-0.2, 0) is 14.4 Å². The van der Waals surface area contributed by atoms with E-state index in [1.54, 1.807) is 31.2 Å². The lowest BCUT2D eigenvalue weighted by Gasteiger charge is -2.38. The van der Waals surface area contributed by atoms with Crippen LogP contribution in [0.2, 0.25) is 0 Å². The Labute approximate surface area is 201 Å². The van der Waals surface area contributed by atoms with Crippen molar-refractivity contribution in [2.24, 2.45) is 0 Å². The molecule has 3 unspecified atom stereocenters. The molecule has 4 rings (SSSR count). The maximum atomic E-state index is 13.0. The molecule has 1 aliphatic heterocycles. The molecule has 6 atom stereocenters. The van der Waals surface area contributed by atoms with Gasteiger partial charge in [0.15, 0.2) is 0 Å². The van der Waals surface area contributed by atoms with Crippen molar-refractivity contribution in [3.8, 4) is 5.75 Å². The summed E-state index contributed by atoms with van der Waals surface area (Å²) in [6.45, 7) is 1.53. The van der Waals surface area contributed by atoms with Crippen molar-refractivity contribution in [3.63, 3.8) is 0 Å². The highest BCUT2D eigenvalue weighted by Crippen LogP contribution is 2.37. The minimum absolute atomic E-state index is 0.102. The summed E-state index contributed by atoms with van der Waals surface area (Å²) in [6, 6.07) is 15.4. The van der Waals surface area contributed by atoms with Crippen LogP contribution in [0, 0.1) is 0 Å². The Morgan fingerprint density at radius 3 is 2.46 bits per heavy atom. The second-order valence-corrected chi connectivity index (χ2v) is 8.52. The van der Waals surface area contributed by atoms with Gasteiger partial charge >= 0.3 is 5.63 Å². The van der Waals surface area contributed by atoms with Gasteiger partial charge in [0.05, 0.1) is 30.7 Å². The van der Waals surface area contributed by atoms with Crippen LogP contribution in [0.25, 0.3) is 11.0 Å². The van der Waals surface area contributed by atoms with E-state index in [0.29, 0.717) is 5.39 Å². The van der Waals surface area contributed by atoms with E-state index in [9.17, 15) is 25.2 Å². The zero-order chi connectivity index (χ0) is 25.1. The Morgan fingerprint density at radius 1 is 1.06 bits per heavy atom. The van der Waals surface area contributed by atoms with Gasteiger partial charge in [0, 0.05) is 5.92 Å². The molecule has 4 N–H and O–H groups in total. The summed E-state index contributed by atoms with van der Waals surface area (Å²) in [5, 5.41) is 42.4. The molecule has 0 amide bonds. The van der Waals surface area contributed by atoms with Crippen LogP contribution in [0.3, 0.4) is 0 Å². The summed E-state index contributed by atoms with van der Waals surface area (Å²) in [4.78, 5) is 24.0. The fraction of sp³-hybridized carbons (Fsp3) is 0.400. The first-order valence-corrected chi connectivity index (χ1v) is 11.3. The van der Waals surface area contributed by atoms with Gasteiger partial charge in [-0.1, -0.05) is 47.7 Å². The van der Waals surface area contributed by atoms with Crippen LogP contribution in [0.5, 0.6) is 5.75 Å². The number of aliphatic hydroxyl groups is 3. The average Bonchev–Trinajstić information content (AvgIpc) is 2.86. The van der Waals surface area contributed by atoms with Gasteiger partial charge in [0.25, 0.3) is 0 Å². The smallest absolute Gasteiger partial charge is 0.343 e. The molecule has 1 saturated heterocycles. The number of hydrogen-bond donors (Lipinski definition) is 4. The minimum atomic E-state index is -1.51. The maximum Gasteiger partial charge on any atom is 0.343 e. The molecule has 10 nitrogen and oxygen atoms in total. The second kappa shape index (κ2) is 10.8. The number of hydrogen-bond acceptors (Lipinski definition) is 10. The number of aromatic hydroxyl groups is 1. The van der Waals surface area contributed by atoms with Gasteiger partial charge in [-0.05, 0) is 31.0 Å². The number of aliphatic hydroxyl groups excluding tert-OH is 3. The highest BCUT2D eigenvalue weighted by Gasteiger charge is 2.40. The molecule has 0 aliphatic carbocycles. The third-order valence-corrected chi connectivity index (χ3v) is 6.15. The van der Waals surface area contributed by atoms with Gasteiger partial charge in [-0.3, -0.25) is 4.84 Å². The lowest BCUT2D eigenvalue weighted by molar-refractivity contribution is -0.446. The molecule has 3 aromatic rings. The second-order valence-electron chi connectivity index (χ2n) is 8.52. The Morgan fingerprint density at radius 2 is 1.74 bits per heavy atom. The van der Waals surface area contributed by atoms with E-state index < -0.39 is 42.2 Å². The van der Waals surface area contributed by atoms with Crippen LogP contribution in [0.4, 0.5) is 0 Å². The number of hydroxylamine groups is 2. The topological polar surface area (TPSA) is 142 Å². The molecule has 0 radical (unpaired) electrons. The van der Waals surface area contributed by atoms with Crippen molar-refractivity contribution in [2.75, 3.05) is 13.7 Å². The van der Waals surface area contributed by atoms with Gasteiger partial charge < -0.3 is 29.6 Å². The Hall–Kier alpha value is -2.83. The quantitative estimate of drug-likeness (QED) is 0.274. The Balaban J connectivity index is 1.65. The van der Waals surface area contributed by atoms with Crippen molar-refractivity contribution in [1.82, 2.24) is 5.23 Å². The Kier molecular flexibility index (Phi) is 7.82. The predicted octanol–water partition coefficient (Wildman–Crippen LogP) is 1.64. The summed E-state index contributed by atoms with van der Waals surface area (Å²) in [5.41, 5.74) is 0.492. The van der Waals surface area contributed by atoms with Crippen LogP contribution in [0.1, 0.15) is 30.4 Å². The number of benzene rings is 2. The van der Waals surface area contributed by atoms with Crippen molar-refractivity contribution >= 4 is 11.0 Å². The molecular weight excluding hydrogens is 458 g/mol. The van der Waals surface area contributed by atoms with Crippen LogP contribution >= 0.6 is 0 Å². The summed E-state index contributed by atoms with van der Waals surface area (Å²) < 4.78 is 10.8. The van der Waals surface area contributed by atoms with E-state index >= 15 is 0 Å². The zero-order valence-corrected chi connectivity index (χ0v) is 19.4. The van der Waals surface area contributed by atoms with Gasteiger partial charge in [0.2, 0.25) is 6.29 Å². The highest BCUT2D eigenvalue weighted by molar-refractivity contribution is 5.84. The van der Waals surface area contributed by atoms with Crippen LogP contribution in [0.15, 0.2) is 63.8 Å². The maximum absolute atomic E-state index is 13.0. The van der Waals surface area contributed by atoms with E-state index in [1.165, 1.54) is 7.11 Å². The third-order valence-electron chi connectivity index (χ3n) is 6.15. The van der Waals surface area contributed by atoms with E-state index in [-0.39, 0.29) is 29.9 Å². The third kappa shape index (κ3) is 5.24. The molecular formula is C25H29NO9. The number of ether oxygens (including phenoxy) is 1. The van der Waals surface area contributed by atoms with E-state index in [1.807, 2.05) is 30.3 Å². The van der Waals surface area contributed by atoms with Gasteiger partial charge in [0.1, 0.15) is 29.6 Å². The first-order chi connectivity index (χ1) is 16.8. The summed E-state index contributed by atoms with van der Waals surface area (Å²) >= 11 is 0. The number of fused-ring (bicyclic) bond motifs is 1. The monoisotopic (exact) mass is 487 g/mol. The molecule has 0 saturated carbocycles. The molecule has 1 aliphatic rings. The van der Waals surface area contributed by atoms with Crippen LogP contribution < -0.4 is 5.63 Å². The standard InChI is InChI=1S/C25H29NO9/c1-14(26(32-2)35-25-23(30)22(29)18(27)13-33-25)12-17(15-8-4-3-5-9-15)20-21(28)16-10-6-7-11-19(16)34-24(20)31/h3-11,14,17-18,22-23,25,27-30H,12-13H2,1-2H3/t14?,17?,18-,22+,23-,25?/m1/s1. The molecule has 1 aromatic heterocycles. The summed E-state index contributed by atoms with van der Waals surface area (Å²) in [6.07, 6.45) is -5.24. The molecule has 2 heterocycles. The van der Waals surface area contributed by atoms with E-state index in [2.05, 4.69) is 0 Å². The first-order valence-electron chi connectivity index (χ1n) is 11.3. The largest absolute Gasteiger partial charge is 0.507 e. The summed E-state index contributed by atoms with van der Waals surface area (Å²) in [5.74, 6) is -0.760.